The number of esters is 1. The van der Waals surface area contributed by atoms with E-state index in [-0.39, 0.29) is 18.3 Å². The Hall–Kier alpha value is -1.95. The van der Waals surface area contributed by atoms with Gasteiger partial charge in [-0.1, -0.05) is 30.3 Å². The van der Waals surface area contributed by atoms with Crippen LogP contribution in [0.25, 0.3) is 0 Å². The number of nitrogens with zero attached hydrogens (tertiary/aromatic N) is 1. The van der Waals surface area contributed by atoms with Crippen LogP contribution in [0.1, 0.15) is 25.8 Å². The minimum atomic E-state index is -0.277. The van der Waals surface area contributed by atoms with Crippen molar-refractivity contribution >= 4 is 29.2 Å². The molecule has 6 heteroatoms. The van der Waals surface area contributed by atoms with Crippen LogP contribution >= 0.6 is 12.2 Å². The second-order valence-electron chi connectivity index (χ2n) is 4.45. The lowest BCUT2D eigenvalue weighted by molar-refractivity contribution is -0.143. The first-order valence-corrected chi connectivity index (χ1v) is 7.19. The van der Waals surface area contributed by atoms with Gasteiger partial charge >= 0.3 is 5.97 Å². The third-order valence-electron chi connectivity index (χ3n) is 2.68. The monoisotopic (exact) mass is 308 g/mol. The van der Waals surface area contributed by atoms with E-state index in [0.29, 0.717) is 24.8 Å². The number of rotatable bonds is 6. The second-order valence-corrected chi connectivity index (χ2v) is 4.84. The Bertz CT molecular complexity index is 491. The van der Waals surface area contributed by atoms with Crippen molar-refractivity contribution in [3.05, 3.63) is 35.9 Å². The fourth-order valence-corrected chi connectivity index (χ4v) is 2.04. The summed E-state index contributed by atoms with van der Waals surface area (Å²) in [6.07, 6.45) is 0.223. The molecule has 0 fully saturated rings. The van der Waals surface area contributed by atoms with Gasteiger partial charge in [-0.25, -0.2) is 0 Å². The average Bonchev–Trinajstić information content (AvgIpc) is 2.44. The lowest BCUT2D eigenvalue weighted by Gasteiger charge is -2.24. The van der Waals surface area contributed by atoms with Gasteiger partial charge in [0.1, 0.15) is 0 Å². The first-order valence-electron chi connectivity index (χ1n) is 6.79. The summed E-state index contributed by atoms with van der Waals surface area (Å²) in [5, 5.41) is 2.90. The zero-order valence-electron chi connectivity index (χ0n) is 12.3. The molecule has 21 heavy (non-hydrogen) atoms. The van der Waals surface area contributed by atoms with Crippen molar-refractivity contribution in [3.8, 4) is 0 Å². The van der Waals surface area contributed by atoms with E-state index in [1.807, 2.05) is 30.3 Å². The fourth-order valence-electron chi connectivity index (χ4n) is 1.75. The standard InChI is InChI=1S/C15H20N2O3S/c1-3-20-14(19)9-10-17(15(21)16-12(2)18)11-13-7-5-4-6-8-13/h4-8H,3,9-11H2,1-2H3,(H,16,18,21). The second kappa shape index (κ2) is 9.07. The highest BCUT2D eigenvalue weighted by Crippen LogP contribution is 2.06. The number of ether oxygens (including phenoxy) is 1. The quantitative estimate of drug-likeness (QED) is 0.642. The van der Waals surface area contributed by atoms with Crippen LogP contribution in [0.2, 0.25) is 0 Å². The van der Waals surface area contributed by atoms with E-state index in [0.717, 1.165) is 5.56 Å². The molecule has 0 saturated carbocycles. The Balaban J connectivity index is 2.67. The summed E-state index contributed by atoms with van der Waals surface area (Å²) >= 11 is 5.21. The van der Waals surface area contributed by atoms with Gasteiger partial charge in [0.05, 0.1) is 13.0 Å². The molecule has 1 amide bonds. The predicted octanol–water partition coefficient (Wildman–Crippen LogP) is 1.86. The Morgan fingerprint density at radius 1 is 1.29 bits per heavy atom. The summed E-state index contributed by atoms with van der Waals surface area (Å²) in [4.78, 5) is 24.4. The minimum absolute atomic E-state index is 0.223. The lowest BCUT2D eigenvalue weighted by Crippen LogP contribution is -2.42. The number of nitrogens with one attached hydrogen (secondary N) is 1. The van der Waals surface area contributed by atoms with Crippen molar-refractivity contribution in [2.45, 2.75) is 26.8 Å². The number of hydrogen-bond donors (Lipinski definition) is 1. The highest BCUT2D eigenvalue weighted by molar-refractivity contribution is 7.80. The zero-order valence-corrected chi connectivity index (χ0v) is 13.1. The van der Waals surface area contributed by atoms with E-state index in [1.54, 1.807) is 11.8 Å². The molecule has 1 aromatic carbocycles. The van der Waals surface area contributed by atoms with E-state index in [1.165, 1.54) is 6.92 Å². The Labute approximate surface area is 130 Å². The van der Waals surface area contributed by atoms with Gasteiger partial charge < -0.3 is 15.0 Å². The van der Waals surface area contributed by atoms with Crippen LogP contribution in [0, 0.1) is 0 Å². The van der Waals surface area contributed by atoms with E-state index < -0.39 is 0 Å². The summed E-state index contributed by atoms with van der Waals surface area (Å²) < 4.78 is 4.91. The molecule has 0 saturated heterocycles. The van der Waals surface area contributed by atoms with Gasteiger partial charge in [0, 0.05) is 20.0 Å². The molecule has 0 aliphatic heterocycles. The van der Waals surface area contributed by atoms with Gasteiger partial charge in [-0.2, -0.15) is 0 Å². The van der Waals surface area contributed by atoms with Crippen LogP contribution in [-0.4, -0.2) is 35.0 Å². The van der Waals surface area contributed by atoms with Gasteiger partial charge in [-0.3, -0.25) is 9.59 Å². The summed E-state index contributed by atoms with van der Waals surface area (Å²) in [5.74, 6) is -0.504. The first kappa shape index (κ1) is 17.1. The van der Waals surface area contributed by atoms with Crippen LogP contribution in [0.3, 0.4) is 0 Å². The van der Waals surface area contributed by atoms with Crippen molar-refractivity contribution < 1.29 is 14.3 Å². The summed E-state index contributed by atoms with van der Waals surface area (Å²) in [7, 11) is 0. The van der Waals surface area contributed by atoms with E-state index in [4.69, 9.17) is 17.0 Å². The van der Waals surface area contributed by atoms with E-state index >= 15 is 0 Å². The van der Waals surface area contributed by atoms with Gasteiger partial charge in [0.15, 0.2) is 5.11 Å². The minimum Gasteiger partial charge on any atom is -0.466 e. The van der Waals surface area contributed by atoms with E-state index in [2.05, 4.69) is 5.32 Å². The smallest absolute Gasteiger partial charge is 0.307 e. The molecule has 1 aromatic rings. The molecule has 1 N–H and O–H groups in total. The molecule has 0 aliphatic carbocycles. The van der Waals surface area contributed by atoms with E-state index in [9.17, 15) is 9.59 Å². The van der Waals surface area contributed by atoms with Crippen LogP contribution in [0.15, 0.2) is 30.3 Å². The molecule has 0 unspecified atom stereocenters. The van der Waals surface area contributed by atoms with Crippen LogP contribution in [-0.2, 0) is 20.9 Å². The summed E-state index contributed by atoms with van der Waals surface area (Å²) in [6.45, 7) is 4.44. The molecular weight excluding hydrogens is 288 g/mol. The summed E-state index contributed by atoms with van der Waals surface area (Å²) in [6, 6.07) is 9.72. The normalized spacial score (nSPS) is 9.81. The van der Waals surface area contributed by atoms with Crippen molar-refractivity contribution in [2.24, 2.45) is 0 Å². The molecule has 0 spiro atoms. The van der Waals surface area contributed by atoms with Crippen LogP contribution in [0.5, 0.6) is 0 Å². The SMILES string of the molecule is CCOC(=O)CCN(Cc1ccccc1)C(=S)NC(C)=O. The number of carbonyl (C=O) groups excluding carboxylic acids is 2. The maximum Gasteiger partial charge on any atom is 0.307 e. The topological polar surface area (TPSA) is 58.6 Å². The lowest BCUT2D eigenvalue weighted by atomic mass is 10.2. The highest BCUT2D eigenvalue weighted by atomic mass is 32.1. The van der Waals surface area contributed by atoms with Crippen LogP contribution in [0.4, 0.5) is 0 Å². The number of thiocarbonyl (C=S) groups is 1. The van der Waals surface area contributed by atoms with Crippen molar-refractivity contribution in [3.63, 3.8) is 0 Å². The van der Waals surface area contributed by atoms with Gasteiger partial charge in [0.25, 0.3) is 0 Å². The molecule has 5 nitrogen and oxygen atoms in total. The van der Waals surface area contributed by atoms with Gasteiger partial charge in [-0.05, 0) is 24.7 Å². The third kappa shape index (κ3) is 6.85. The Kier molecular flexibility index (Phi) is 7.39. The average molecular weight is 308 g/mol. The summed E-state index contributed by atoms with van der Waals surface area (Å²) in [5.41, 5.74) is 1.05. The van der Waals surface area contributed by atoms with Crippen LogP contribution < -0.4 is 5.32 Å². The largest absolute Gasteiger partial charge is 0.466 e. The number of benzene rings is 1. The number of hydrogen-bond acceptors (Lipinski definition) is 4. The number of amides is 1. The van der Waals surface area contributed by atoms with Crippen molar-refractivity contribution in [2.75, 3.05) is 13.2 Å². The molecule has 0 aromatic heterocycles. The molecule has 0 radical (unpaired) electrons. The van der Waals surface area contributed by atoms with Gasteiger partial charge in [-0.15, -0.1) is 0 Å². The maximum atomic E-state index is 11.5. The third-order valence-corrected chi connectivity index (χ3v) is 3.04. The zero-order chi connectivity index (χ0) is 15.7. The number of carbonyl (C=O) groups is 2. The molecule has 0 heterocycles. The fraction of sp³-hybridized carbons (Fsp3) is 0.400. The Morgan fingerprint density at radius 3 is 2.52 bits per heavy atom. The molecular formula is C15H20N2O3S. The predicted molar refractivity (Wildman–Crippen MR) is 84.5 cm³/mol. The molecule has 114 valence electrons. The highest BCUT2D eigenvalue weighted by Gasteiger charge is 2.13. The maximum absolute atomic E-state index is 11.5. The molecule has 0 bridgehead atoms. The van der Waals surface area contributed by atoms with Gasteiger partial charge in [0.2, 0.25) is 5.91 Å². The molecule has 1 rings (SSSR count). The van der Waals surface area contributed by atoms with Crippen molar-refractivity contribution in [1.82, 2.24) is 10.2 Å². The Morgan fingerprint density at radius 2 is 1.95 bits per heavy atom. The molecule has 0 atom stereocenters. The molecule has 0 aliphatic rings. The van der Waals surface area contributed by atoms with Crippen molar-refractivity contribution in [1.29, 1.82) is 0 Å². The first-order chi connectivity index (χ1) is 10.0.